The van der Waals surface area contributed by atoms with Gasteiger partial charge in [-0.05, 0) is 43.3 Å². The number of nitrogens with zero attached hydrogens (tertiary/aromatic N) is 1. The van der Waals surface area contributed by atoms with Crippen LogP contribution >= 0.6 is 11.3 Å². The third kappa shape index (κ3) is 5.16. The lowest BCUT2D eigenvalue weighted by Gasteiger charge is -2.24. The molecule has 1 unspecified atom stereocenters. The van der Waals surface area contributed by atoms with E-state index >= 15 is 0 Å². The number of carbonyl (C=O) groups is 1. The van der Waals surface area contributed by atoms with E-state index in [1.54, 1.807) is 11.3 Å². The summed E-state index contributed by atoms with van der Waals surface area (Å²) in [7, 11) is 0. The third-order valence-corrected chi connectivity index (χ3v) is 5.01. The zero-order chi connectivity index (χ0) is 16.8. The first kappa shape index (κ1) is 17.1. The lowest BCUT2D eigenvalue weighted by molar-refractivity contribution is -0.117. The highest BCUT2D eigenvalue weighted by atomic mass is 32.1. The SMILES string of the molecule is Cc1ccc(NC(=O)CN(Cc2cccs2)CC2CCCO2)cc1. The van der Waals surface area contributed by atoms with Crippen molar-refractivity contribution in [1.82, 2.24) is 4.90 Å². The summed E-state index contributed by atoms with van der Waals surface area (Å²) < 4.78 is 5.75. The van der Waals surface area contributed by atoms with Gasteiger partial charge in [-0.2, -0.15) is 0 Å². The first-order valence-electron chi connectivity index (χ1n) is 8.42. The van der Waals surface area contributed by atoms with Gasteiger partial charge in [0.2, 0.25) is 5.91 Å². The molecule has 5 heteroatoms. The molecule has 1 aliphatic heterocycles. The molecule has 1 fully saturated rings. The van der Waals surface area contributed by atoms with Crippen LogP contribution in [0.15, 0.2) is 41.8 Å². The Morgan fingerprint density at radius 2 is 2.17 bits per heavy atom. The monoisotopic (exact) mass is 344 g/mol. The lowest BCUT2D eigenvalue weighted by atomic mass is 10.2. The molecule has 1 amide bonds. The smallest absolute Gasteiger partial charge is 0.238 e. The summed E-state index contributed by atoms with van der Waals surface area (Å²) in [6, 6.07) is 12.1. The van der Waals surface area contributed by atoms with Gasteiger partial charge in [-0.3, -0.25) is 9.69 Å². The summed E-state index contributed by atoms with van der Waals surface area (Å²) in [6.45, 7) is 4.85. The average Bonchev–Trinajstić information content (AvgIpc) is 3.23. The maximum Gasteiger partial charge on any atom is 0.238 e. The number of hydrogen-bond acceptors (Lipinski definition) is 4. The van der Waals surface area contributed by atoms with Gasteiger partial charge >= 0.3 is 0 Å². The molecule has 0 saturated carbocycles. The molecule has 24 heavy (non-hydrogen) atoms. The molecule has 1 aliphatic rings. The molecular weight excluding hydrogens is 320 g/mol. The zero-order valence-electron chi connectivity index (χ0n) is 14.0. The van der Waals surface area contributed by atoms with Gasteiger partial charge < -0.3 is 10.1 Å². The van der Waals surface area contributed by atoms with E-state index in [2.05, 4.69) is 27.7 Å². The molecule has 0 spiro atoms. The van der Waals surface area contributed by atoms with Gasteiger partial charge in [-0.15, -0.1) is 11.3 Å². The van der Waals surface area contributed by atoms with Crippen LogP contribution in [0.3, 0.4) is 0 Å². The van der Waals surface area contributed by atoms with E-state index in [-0.39, 0.29) is 12.0 Å². The number of amides is 1. The van der Waals surface area contributed by atoms with Gasteiger partial charge in [0, 0.05) is 30.3 Å². The minimum atomic E-state index is 0.0217. The quantitative estimate of drug-likeness (QED) is 0.833. The van der Waals surface area contributed by atoms with Gasteiger partial charge in [0.05, 0.1) is 12.6 Å². The molecule has 1 saturated heterocycles. The average molecular weight is 344 g/mol. The molecule has 4 nitrogen and oxygen atoms in total. The van der Waals surface area contributed by atoms with Crippen molar-refractivity contribution in [2.75, 3.05) is 25.0 Å². The van der Waals surface area contributed by atoms with Gasteiger partial charge in [-0.1, -0.05) is 23.8 Å². The van der Waals surface area contributed by atoms with Gasteiger partial charge in [0.1, 0.15) is 0 Å². The van der Waals surface area contributed by atoms with Crippen LogP contribution in [0.2, 0.25) is 0 Å². The maximum atomic E-state index is 12.4. The summed E-state index contributed by atoms with van der Waals surface area (Å²) >= 11 is 1.73. The number of anilines is 1. The van der Waals surface area contributed by atoms with E-state index in [1.807, 2.05) is 31.2 Å². The molecule has 2 heterocycles. The van der Waals surface area contributed by atoms with Crippen LogP contribution in [0.5, 0.6) is 0 Å². The van der Waals surface area contributed by atoms with Crippen molar-refractivity contribution in [3.8, 4) is 0 Å². The molecule has 0 aliphatic carbocycles. The van der Waals surface area contributed by atoms with E-state index in [4.69, 9.17) is 4.74 Å². The molecule has 0 bridgehead atoms. The van der Waals surface area contributed by atoms with Crippen LogP contribution in [0, 0.1) is 6.92 Å². The number of benzene rings is 1. The van der Waals surface area contributed by atoms with Gasteiger partial charge in [-0.25, -0.2) is 0 Å². The molecule has 128 valence electrons. The molecule has 3 rings (SSSR count). The Labute approximate surface area is 147 Å². The van der Waals surface area contributed by atoms with Crippen LogP contribution in [0.25, 0.3) is 0 Å². The Bertz CT molecular complexity index is 634. The van der Waals surface area contributed by atoms with Gasteiger partial charge in [0.25, 0.3) is 0 Å². The zero-order valence-corrected chi connectivity index (χ0v) is 14.8. The summed E-state index contributed by atoms with van der Waals surface area (Å²) in [5.41, 5.74) is 2.03. The van der Waals surface area contributed by atoms with E-state index < -0.39 is 0 Å². The fourth-order valence-electron chi connectivity index (χ4n) is 2.92. The highest BCUT2D eigenvalue weighted by molar-refractivity contribution is 7.09. The third-order valence-electron chi connectivity index (χ3n) is 4.15. The van der Waals surface area contributed by atoms with Crippen molar-refractivity contribution in [1.29, 1.82) is 0 Å². The second-order valence-electron chi connectivity index (χ2n) is 6.30. The number of thiophene rings is 1. The van der Waals surface area contributed by atoms with Crippen molar-refractivity contribution in [3.05, 3.63) is 52.2 Å². The number of nitrogens with one attached hydrogen (secondary N) is 1. The first-order chi connectivity index (χ1) is 11.7. The normalized spacial score (nSPS) is 17.3. The molecule has 1 aromatic carbocycles. The number of hydrogen-bond donors (Lipinski definition) is 1. The summed E-state index contributed by atoms with van der Waals surface area (Å²) in [5, 5.41) is 5.06. The Morgan fingerprint density at radius 3 is 2.83 bits per heavy atom. The molecular formula is C19H24N2O2S. The largest absolute Gasteiger partial charge is 0.377 e. The predicted octanol–water partition coefficient (Wildman–Crippen LogP) is 3.68. The predicted molar refractivity (Wildman–Crippen MR) is 98.4 cm³/mol. The summed E-state index contributed by atoms with van der Waals surface area (Å²) in [4.78, 5) is 15.9. The topological polar surface area (TPSA) is 41.6 Å². The summed E-state index contributed by atoms with van der Waals surface area (Å²) in [5.74, 6) is 0.0217. The Morgan fingerprint density at radius 1 is 1.33 bits per heavy atom. The Hall–Kier alpha value is -1.69. The van der Waals surface area contributed by atoms with Crippen LogP contribution in [0.4, 0.5) is 5.69 Å². The minimum Gasteiger partial charge on any atom is -0.377 e. The fraction of sp³-hybridized carbons (Fsp3) is 0.421. The fourth-order valence-corrected chi connectivity index (χ4v) is 3.67. The highest BCUT2D eigenvalue weighted by Gasteiger charge is 2.21. The highest BCUT2D eigenvalue weighted by Crippen LogP contribution is 2.17. The van der Waals surface area contributed by atoms with Crippen molar-refractivity contribution >= 4 is 22.9 Å². The lowest BCUT2D eigenvalue weighted by Crippen LogP contribution is -2.37. The van der Waals surface area contributed by atoms with E-state index in [1.165, 1.54) is 10.4 Å². The van der Waals surface area contributed by atoms with Crippen molar-refractivity contribution in [2.24, 2.45) is 0 Å². The molecule has 2 aromatic rings. The second-order valence-corrected chi connectivity index (χ2v) is 7.33. The summed E-state index contributed by atoms with van der Waals surface area (Å²) in [6.07, 6.45) is 2.45. The van der Waals surface area contributed by atoms with Crippen molar-refractivity contribution in [2.45, 2.75) is 32.4 Å². The number of carbonyl (C=O) groups excluding carboxylic acids is 1. The van der Waals surface area contributed by atoms with Crippen LogP contribution < -0.4 is 5.32 Å². The molecule has 1 atom stereocenters. The first-order valence-corrected chi connectivity index (χ1v) is 9.30. The molecule has 1 N–H and O–H groups in total. The number of rotatable bonds is 7. The van der Waals surface area contributed by atoms with Crippen LogP contribution in [-0.4, -0.2) is 36.6 Å². The van der Waals surface area contributed by atoms with E-state index in [0.717, 1.165) is 38.2 Å². The van der Waals surface area contributed by atoms with E-state index in [0.29, 0.717) is 6.54 Å². The van der Waals surface area contributed by atoms with E-state index in [9.17, 15) is 4.79 Å². The number of aryl methyl sites for hydroxylation is 1. The Kier molecular flexibility index (Phi) is 6.01. The van der Waals surface area contributed by atoms with Gasteiger partial charge in [0.15, 0.2) is 0 Å². The van der Waals surface area contributed by atoms with Crippen LogP contribution in [-0.2, 0) is 16.1 Å². The van der Waals surface area contributed by atoms with Crippen molar-refractivity contribution < 1.29 is 9.53 Å². The number of ether oxygens (including phenoxy) is 1. The molecule has 1 aromatic heterocycles. The standard InChI is InChI=1S/C19H24N2O2S/c1-15-6-8-16(9-7-15)20-19(22)14-21(12-17-4-2-10-23-17)13-18-5-3-11-24-18/h3,5-9,11,17H,2,4,10,12-14H2,1H3,(H,20,22). The minimum absolute atomic E-state index is 0.0217. The van der Waals surface area contributed by atoms with Crippen LogP contribution in [0.1, 0.15) is 23.3 Å². The van der Waals surface area contributed by atoms with Crippen molar-refractivity contribution in [3.63, 3.8) is 0 Å². The maximum absolute atomic E-state index is 12.4. The molecule has 0 radical (unpaired) electrons. The Balaban J connectivity index is 1.58. The second kappa shape index (κ2) is 8.42.